The molecular formula is C3H7Al. The molecule has 0 saturated heterocycles. The van der Waals surface area contributed by atoms with E-state index in [4.69, 9.17) is 0 Å². The van der Waals surface area contributed by atoms with Crippen LogP contribution in [0.2, 0.25) is 0 Å². The van der Waals surface area contributed by atoms with Crippen LogP contribution in [0.5, 0.6) is 0 Å². The summed E-state index contributed by atoms with van der Waals surface area (Å²) in [6, 6.07) is 0. The Labute approximate surface area is 34.9 Å². The van der Waals surface area contributed by atoms with E-state index in [1.807, 2.05) is 6.92 Å². The lowest BCUT2D eigenvalue weighted by Crippen LogP contribution is -1.39. The SMILES string of the molecule is CC=[CH][AlH2]. The van der Waals surface area contributed by atoms with Gasteiger partial charge in [-0.15, -0.1) is 6.08 Å². The van der Waals surface area contributed by atoms with Crippen molar-refractivity contribution < 1.29 is 0 Å². The maximum atomic E-state index is 2.14. The third-order valence-electron chi connectivity index (χ3n) is 0.333. The molecule has 0 atom stereocenters. The molecular weight excluding hydrogens is 63.0 g/mol. The number of rotatable bonds is 0. The highest BCUT2D eigenvalue weighted by Gasteiger charge is 1.37. The van der Waals surface area contributed by atoms with Gasteiger partial charge in [0.25, 0.3) is 0 Å². The van der Waals surface area contributed by atoms with Crippen molar-refractivity contribution >= 4 is 16.3 Å². The quantitative estimate of drug-likeness (QED) is 0.356. The van der Waals surface area contributed by atoms with Crippen LogP contribution in [0, 0.1) is 0 Å². The second-order valence-corrected chi connectivity index (χ2v) is 1.33. The van der Waals surface area contributed by atoms with Gasteiger partial charge in [-0.25, -0.2) is 0 Å². The van der Waals surface area contributed by atoms with E-state index < -0.39 is 0 Å². The highest BCUT2D eigenvalue weighted by molar-refractivity contribution is 6.16. The summed E-state index contributed by atoms with van der Waals surface area (Å²) in [5.41, 5.74) is 0. The first-order valence-corrected chi connectivity index (χ1v) is 2.64. The Balaban J connectivity index is 2.55. The predicted octanol–water partition coefficient (Wildman–Crippen LogP) is 0.153. The largest absolute Gasteiger partial charge is 0.246 e. The van der Waals surface area contributed by atoms with Crippen LogP contribution in [0.15, 0.2) is 11.0 Å². The fourth-order valence-corrected chi connectivity index (χ4v) is 0. The minimum absolute atomic E-state index is 1.21. The van der Waals surface area contributed by atoms with Crippen LogP contribution < -0.4 is 0 Å². The van der Waals surface area contributed by atoms with Crippen molar-refractivity contribution in [1.29, 1.82) is 0 Å². The van der Waals surface area contributed by atoms with Crippen LogP contribution in [0.1, 0.15) is 6.92 Å². The van der Waals surface area contributed by atoms with Crippen LogP contribution >= 0.6 is 0 Å². The minimum Gasteiger partial charge on any atom is -0.158 e. The molecule has 0 amide bonds. The molecule has 0 fully saturated rings. The van der Waals surface area contributed by atoms with E-state index in [-0.39, 0.29) is 0 Å². The van der Waals surface area contributed by atoms with Crippen LogP contribution in [0.25, 0.3) is 0 Å². The summed E-state index contributed by atoms with van der Waals surface area (Å²) in [7, 11) is 0. The average Bonchev–Trinajstić information content (AvgIpc) is 1.37. The molecule has 0 rings (SSSR count). The lowest BCUT2D eigenvalue weighted by atomic mass is 10.8. The van der Waals surface area contributed by atoms with Crippen molar-refractivity contribution in [3.63, 3.8) is 0 Å². The molecule has 0 aliphatic heterocycles. The van der Waals surface area contributed by atoms with Crippen LogP contribution in [-0.4, -0.2) is 16.3 Å². The fraction of sp³-hybridized carbons (Fsp3) is 0.333. The maximum absolute atomic E-state index is 2.14. The van der Waals surface area contributed by atoms with Gasteiger partial charge in [-0.2, -0.15) is 4.94 Å². The number of hydrogen-bond acceptors (Lipinski definition) is 0. The molecule has 0 N–H and O–H groups in total. The molecule has 0 radical (unpaired) electrons. The Morgan fingerprint density at radius 2 is 2.00 bits per heavy atom. The smallest absolute Gasteiger partial charge is 0.158 e. The zero-order valence-electron chi connectivity index (χ0n) is 3.15. The molecule has 0 bridgehead atoms. The van der Waals surface area contributed by atoms with Gasteiger partial charge in [-0.05, 0) is 6.92 Å². The summed E-state index contributed by atoms with van der Waals surface area (Å²) in [4.78, 5) is 2.14. The summed E-state index contributed by atoms with van der Waals surface area (Å²) < 4.78 is 0. The average molecular weight is 70.1 g/mol. The fourth-order valence-electron chi connectivity index (χ4n) is 0. The molecule has 0 aromatic heterocycles. The van der Waals surface area contributed by atoms with Crippen LogP contribution in [0.3, 0.4) is 0 Å². The Morgan fingerprint density at radius 1 is 1.75 bits per heavy atom. The molecule has 0 aromatic rings. The molecule has 0 heterocycles. The number of hydrogen-bond donors (Lipinski definition) is 0. The van der Waals surface area contributed by atoms with Crippen molar-refractivity contribution in [2.75, 3.05) is 0 Å². The molecule has 0 spiro atoms. The molecule has 22 valence electrons. The topological polar surface area (TPSA) is 0 Å². The van der Waals surface area contributed by atoms with Gasteiger partial charge >= 0.3 is 0 Å². The third-order valence-corrected chi connectivity index (χ3v) is 1.00. The summed E-state index contributed by atoms with van der Waals surface area (Å²) in [6.45, 7) is 2.03. The lowest BCUT2D eigenvalue weighted by Gasteiger charge is -1.48. The van der Waals surface area contributed by atoms with Crippen molar-refractivity contribution in [3.05, 3.63) is 11.0 Å². The van der Waals surface area contributed by atoms with E-state index in [0.29, 0.717) is 0 Å². The first-order valence-electron chi connectivity index (χ1n) is 1.49. The van der Waals surface area contributed by atoms with Gasteiger partial charge < -0.3 is 0 Å². The van der Waals surface area contributed by atoms with Gasteiger partial charge in [0, 0.05) is 0 Å². The Kier molecular flexibility index (Phi) is 3.50. The zero-order valence-corrected chi connectivity index (χ0v) is 5.15. The summed E-state index contributed by atoms with van der Waals surface area (Å²) in [6.07, 6.45) is 2.06. The van der Waals surface area contributed by atoms with Gasteiger partial charge in [0.15, 0.2) is 0 Å². The first kappa shape index (κ1) is 4.27. The zero-order chi connectivity index (χ0) is 3.41. The van der Waals surface area contributed by atoms with E-state index in [1.54, 1.807) is 0 Å². The van der Waals surface area contributed by atoms with Crippen LogP contribution in [-0.2, 0) is 0 Å². The predicted molar refractivity (Wildman–Crippen MR) is 23.4 cm³/mol. The molecule has 0 nitrogen and oxygen atoms in total. The molecule has 0 saturated carbocycles. The monoisotopic (exact) mass is 70.0 g/mol. The van der Waals surface area contributed by atoms with Crippen molar-refractivity contribution in [3.8, 4) is 0 Å². The Morgan fingerprint density at radius 3 is 2.00 bits per heavy atom. The maximum Gasteiger partial charge on any atom is 0.246 e. The van der Waals surface area contributed by atoms with Gasteiger partial charge in [0.05, 0.1) is 0 Å². The van der Waals surface area contributed by atoms with Crippen molar-refractivity contribution in [2.24, 2.45) is 0 Å². The van der Waals surface area contributed by atoms with Gasteiger partial charge in [-0.3, -0.25) is 0 Å². The molecule has 1 heteroatoms. The lowest BCUT2D eigenvalue weighted by molar-refractivity contribution is 1.78. The Hall–Kier alpha value is 0.272. The van der Waals surface area contributed by atoms with Gasteiger partial charge in [0.1, 0.15) is 0 Å². The van der Waals surface area contributed by atoms with E-state index >= 15 is 0 Å². The first-order chi connectivity index (χ1) is 1.91. The molecule has 0 unspecified atom stereocenters. The summed E-state index contributed by atoms with van der Waals surface area (Å²) in [5, 5.41) is 0. The van der Waals surface area contributed by atoms with Crippen molar-refractivity contribution in [1.82, 2.24) is 0 Å². The molecule has 4 heavy (non-hydrogen) atoms. The van der Waals surface area contributed by atoms with E-state index in [2.05, 4.69) is 11.0 Å². The Bertz CT molecular complexity index is 18.5. The van der Waals surface area contributed by atoms with E-state index in [0.717, 1.165) is 0 Å². The second-order valence-electron chi connectivity index (χ2n) is 0.667. The normalized spacial score (nSPS) is 9.25. The summed E-state index contributed by atoms with van der Waals surface area (Å²) >= 11 is 1.21. The highest BCUT2D eigenvalue weighted by atomic mass is 27.0. The van der Waals surface area contributed by atoms with E-state index in [1.165, 1.54) is 16.3 Å². The molecule has 0 aliphatic rings. The second kappa shape index (κ2) is 3.27. The molecule has 0 aliphatic carbocycles. The van der Waals surface area contributed by atoms with Gasteiger partial charge in [0.2, 0.25) is 16.3 Å². The highest BCUT2D eigenvalue weighted by Crippen LogP contribution is 1.50. The molecule has 0 aromatic carbocycles. The summed E-state index contributed by atoms with van der Waals surface area (Å²) in [5.74, 6) is 0. The van der Waals surface area contributed by atoms with E-state index in [9.17, 15) is 0 Å². The van der Waals surface area contributed by atoms with Crippen LogP contribution in [0.4, 0.5) is 0 Å². The minimum atomic E-state index is 1.21. The number of allylic oxidation sites excluding steroid dienone is 1. The third kappa shape index (κ3) is 2.27. The van der Waals surface area contributed by atoms with Gasteiger partial charge in [-0.1, -0.05) is 0 Å². The standard InChI is InChI=1S/C3H5.Al.2H/c1-3-2;;;/h1,3H,2H3;;;. The van der Waals surface area contributed by atoms with Crippen molar-refractivity contribution in [2.45, 2.75) is 6.92 Å².